The zero-order chi connectivity index (χ0) is 17.5. The molecule has 4 nitrogen and oxygen atoms in total. The Hall–Kier alpha value is -1.39. The third-order valence-corrected chi connectivity index (χ3v) is 4.74. The fraction of sp³-hybridized carbons (Fsp3) is 0.650. The van der Waals surface area contributed by atoms with Crippen LogP contribution in [0.2, 0.25) is 0 Å². The van der Waals surface area contributed by atoms with E-state index in [2.05, 4.69) is 62.2 Å². The highest BCUT2D eigenvalue weighted by Gasteiger charge is 2.24. The third-order valence-electron chi connectivity index (χ3n) is 4.74. The molecule has 2 rings (SSSR count). The maximum atomic E-state index is 12.7. The molecular weight excluding hydrogens is 300 g/mol. The van der Waals surface area contributed by atoms with Crippen molar-refractivity contribution < 1.29 is 9.53 Å². The third kappa shape index (κ3) is 5.32. The molecule has 0 bridgehead atoms. The first-order valence-electron chi connectivity index (χ1n) is 9.16. The maximum absolute atomic E-state index is 12.7. The van der Waals surface area contributed by atoms with Crippen LogP contribution < -0.4 is 5.32 Å². The van der Waals surface area contributed by atoms with Gasteiger partial charge < -0.3 is 10.1 Å². The minimum atomic E-state index is -0.0871. The highest BCUT2D eigenvalue weighted by Crippen LogP contribution is 2.26. The minimum absolute atomic E-state index is 0.0871. The molecule has 1 aliphatic heterocycles. The summed E-state index contributed by atoms with van der Waals surface area (Å²) in [6.45, 7) is 13.7. The Morgan fingerprint density at radius 3 is 2.21 bits per heavy atom. The van der Waals surface area contributed by atoms with Crippen LogP contribution in [0.1, 0.15) is 50.7 Å². The Morgan fingerprint density at radius 1 is 1.08 bits per heavy atom. The number of hydrogen-bond acceptors (Lipinski definition) is 3. The van der Waals surface area contributed by atoms with Crippen molar-refractivity contribution >= 4 is 5.91 Å². The molecule has 0 spiro atoms. The lowest BCUT2D eigenvalue weighted by Crippen LogP contribution is -2.42. The van der Waals surface area contributed by atoms with Crippen LogP contribution in [-0.2, 0) is 9.53 Å². The van der Waals surface area contributed by atoms with Crippen molar-refractivity contribution in [2.75, 3.05) is 39.4 Å². The van der Waals surface area contributed by atoms with Crippen LogP contribution >= 0.6 is 0 Å². The molecule has 1 atom stereocenters. The van der Waals surface area contributed by atoms with Gasteiger partial charge in [0, 0.05) is 26.2 Å². The van der Waals surface area contributed by atoms with Gasteiger partial charge in [0.05, 0.1) is 19.1 Å². The maximum Gasteiger partial charge on any atom is 0.227 e. The average molecular weight is 332 g/mol. The molecule has 0 aromatic heterocycles. The van der Waals surface area contributed by atoms with Crippen LogP contribution in [0.4, 0.5) is 0 Å². The second kappa shape index (κ2) is 9.19. The van der Waals surface area contributed by atoms with E-state index in [1.165, 1.54) is 5.56 Å². The van der Waals surface area contributed by atoms with Crippen LogP contribution in [0.5, 0.6) is 0 Å². The SMILES string of the molecule is CC(C)c1ccc(C(C(=O)NCCN2CCOCC2)C(C)C)cc1. The largest absolute Gasteiger partial charge is 0.379 e. The second-order valence-electron chi connectivity index (χ2n) is 7.29. The van der Waals surface area contributed by atoms with E-state index in [0.717, 1.165) is 38.4 Å². The standard InChI is InChI=1S/C20H32N2O2/c1-15(2)17-5-7-18(8-6-17)19(16(3)4)20(23)21-9-10-22-11-13-24-14-12-22/h5-8,15-16,19H,9-14H2,1-4H3,(H,21,23). The molecule has 1 N–H and O–H groups in total. The quantitative estimate of drug-likeness (QED) is 0.834. The van der Waals surface area contributed by atoms with Crippen molar-refractivity contribution in [3.63, 3.8) is 0 Å². The van der Waals surface area contributed by atoms with Gasteiger partial charge >= 0.3 is 0 Å². The van der Waals surface area contributed by atoms with Crippen molar-refractivity contribution in [2.24, 2.45) is 5.92 Å². The lowest BCUT2D eigenvalue weighted by Gasteiger charge is -2.27. The number of benzene rings is 1. The van der Waals surface area contributed by atoms with Crippen molar-refractivity contribution in [1.82, 2.24) is 10.2 Å². The number of ether oxygens (including phenoxy) is 1. The first kappa shape index (κ1) is 18.9. The number of carbonyl (C=O) groups excluding carboxylic acids is 1. The van der Waals surface area contributed by atoms with Gasteiger partial charge in [-0.25, -0.2) is 0 Å². The molecule has 0 aliphatic carbocycles. The molecule has 134 valence electrons. The second-order valence-corrected chi connectivity index (χ2v) is 7.29. The summed E-state index contributed by atoms with van der Waals surface area (Å²) < 4.78 is 5.35. The Kier molecular flexibility index (Phi) is 7.25. The average Bonchev–Trinajstić information content (AvgIpc) is 2.56. The Bertz CT molecular complexity index is 505. The molecule has 24 heavy (non-hydrogen) atoms. The molecule has 1 saturated heterocycles. The van der Waals surface area contributed by atoms with Crippen LogP contribution in [0, 0.1) is 5.92 Å². The van der Waals surface area contributed by atoms with Gasteiger partial charge in [0.25, 0.3) is 0 Å². The molecule has 1 heterocycles. The van der Waals surface area contributed by atoms with Gasteiger partial charge in [-0.3, -0.25) is 9.69 Å². The summed E-state index contributed by atoms with van der Waals surface area (Å²) in [4.78, 5) is 15.0. The van der Waals surface area contributed by atoms with Gasteiger partial charge in [-0.2, -0.15) is 0 Å². The number of hydrogen-bond donors (Lipinski definition) is 1. The fourth-order valence-corrected chi connectivity index (χ4v) is 3.20. The van der Waals surface area contributed by atoms with Crippen LogP contribution in [-0.4, -0.2) is 50.2 Å². The van der Waals surface area contributed by atoms with E-state index in [-0.39, 0.29) is 17.7 Å². The molecule has 1 unspecified atom stereocenters. The zero-order valence-corrected chi connectivity index (χ0v) is 15.5. The molecule has 1 aromatic carbocycles. The van der Waals surface area contributed by atoms with Crippen LogP contribution in [0.15, 0.2) is 24.3 Å². The van der Waals surface area contributed by atoms with Gasteiger partial charge in [-0.1, -0.05) is 52.0 Å². The number of rotatable bonds is 7. The predicted octanol–water partition coefficient (Wildman–Crippen LogP) is 3.00. The van der Waals surface area contributed by atoms with Crippen LogP contribution in [0.25, 0.3) is 0 Å². The molecule has 1 amide bonds. The van der Waals surface area contributed by atoms with Crippen LogP contribution in [0.3, 0.4) is 0 Å². The number of amides is 1. The summed E-state index contributed by atoms with van der Waals surface area (Å²) in [5.41, 5.74) is 2.42. The van der Waals surface area contributed by atoms with Crippen molar-refractivity contribution in [3.05, 3.63) is 35.4 Å². The number of nitrogens with one attached hydrogen (secondary N) is 1. The molecule has 1 aromatic rings. The van der Waals surface area contributed by atoms with E-state index >= 15 is 0 Å². The van der Waals surface area contributed by atoms with E-state index in [1.807, 2.05) is 0 Å². The summed E-state index contributed by atoms with van der Waals surface area (Å²) in [5, 5.41) is 3.13. The number of carbonyl (C=O) groups is 1. The molecule has 1 fully saturated rings. The first-order valence-corrected chi connectivity index (χ1v) is 9.16. The van der Waals surface area contributed by atoms with Crippen molar-refractivity contribution in [1.29, 1.82) is 0 Å². The predicted molar refractivity (Wildman–Crippen MR) is 98.4 cm³/mol. The van der Waals surface area contributed by atoms with E-state index in [9.17, 15) is 4.79 Å². The molecule has 0 radical (unpaired) electrons. The monoisotopic (exact) mass is 332 g/mol. The molecular formula is C20H32N2O2. The molecule has 4 heteroatoms. The van der Waals surface area contributed by atoms with Crippen molar-refractivity contribution in [2.45, 2.75) is 39.5 Å². The number of nitrogens with zero attached hydrogens (tertiary/aromatic N) is 1. The highest BCUT2D eigenvalue weighted by molar-refractivity contribution is 5.83. The van der Waals surface area contributed by atoms with E-state index < -0.39 is 0 Å². The minimum Gasteiger partial charge on any atom is -0.379 e. The lowest BCUT2D eigenvalue weighted by atomic mass is 9.86. The summed E-state index contributed by atoms with van der Waals surface area (Å²) in [7, 11) is 0. The van der Waals surface area contributed by atoms with Gasteiger partial charge in [0.1, 0.15) is 0 Å². The van der Waals surface area contributed by atoms with E-state index in [0.29, 0.717) is 12.5 Å². The van der Waals surface area contributed by atoms with Gasteiger partial charge in [0.15, 0.2) is 0 Å². The molecule has 0 saturated carbocycles. The summed E-state index contributed by atoms with van der Waals surface area (Å²) in [5.74, 6) is 0.837. The van der Waals surface area contributed by atoms with Gasteiger partial charge in [0.2, 0.25) is 5.91 Å². The highest BCUT2D eigenvalue weighted by atomic mass is 16.5. The summed E-state index contributed by atoms with van der Waals surface area (Å²) >= 11 is 0. The lowest BCUT2D eigenvalue weighted by molar-refractivity contribution is -0.123. The van der Waals surface area contributed by atoms with Gasteiger partial charge in [-0.15, -0.1) is 0 Å². The Balaban J connectivity index is 1.92. The Labute approximate surface area is 146 Å². The van der Waals surface area contributed by atoms with E-state index in [4.69, 9.17) is 4.74 Å². The smallest absolute Gasteiger partial charge is 0.227 e. The molecule has 1 aliphatic rings. The first-order chi connectivity index (χ1) is 11.5. The zero-order valence-electron chi connectivity index (χ0n) is 15.5. The van der Waals surface area contributed by atoms with Gasteiger partial charge in [-0.05, 0) is 23.0 Å². The van der Waals surface area contributed by atoms with E-state index in [1.54, 1.807) is 0 Å². The topological polar surface area (TPSA) is 41.6 Å². The fourth-order valence-electron chi connectivity index (χ4n) is 3.20. The normalized spacial score (nSPS) is 17.2. The number of morpholine rings is 1. The summed E-state index contributed by atoms with van der Waals surface area (Å²) in [6.07, 6.45) is 0. The Morgan fingerprint density at radius 2 is 1.67 bits per heavy atom. The van der Waals surface area contributed by atoms with Crippen molar-refractivity contribution in [3.8, 4) is 0 Å². The summed E-state index contributed by atoms with van der Waals surface area (Å²) in [6, 6.07) is 8.52.